The van der Waals surface area contributed by atoms with Crippen molar-refractivity contribution in [1.29, 1.82) is 0 Å². The van der Waals surface area contributed by atoms with Crippen molar-refractivity contribution in [2.24, 2.45) is 10.8 Å². The molecule has 0 aromatic rings. The topological polar surface area (TPSA) is 309 Å². The van der Waals surface area contributed by atoms with Crippen LogP contribution in [0, 0.1) is 10.8 Å². The van der Waals surface area contributed by atoms with Gasteiger partial charge in [0.1, 0.15) is 36.6 Å². The molecule has 2 aliphatic rings. The second-order valence-corrected chi connectivity index (χ2v) is 15.1. The summed E-state index contributed by atoms with van der Waals surface area (Å²) in [6.45, 7) is 7.07. The van der Waals surface area contributed by atoms with E-state index in [1.165, 1.54) is 41.5 Å². The molecule has 63 heavy (non-hydrogen) atoms. The van der Waals surface area contributed by atoms with Crippen LogP contribution >= 0.6 is 0 Å². The minimum Gasteiger partial charge on any atom is -0.506 e. The Hall–Kier alpha value is -2.33. The molecule has 0 aromatic heterocycles. The maximum Gasteiger partial charge on any atom is 0.460 e. The number of allylic oxidation sites excluding steroid dienone is 4. The van der Waals surface area contributed by atoms with Gasteiger partial charge in [0.05, 0.1) is 23.0 Å². The molecule has 10 unspecified atom stereocenters. The molecular weight excluding hydrogens is 954 g/mol. The van der Waals surface area contributed by atoms with Gasteiger partial charge in [-0.1, -0.05) is 0 Å². The molecule has 0 saturated carbocycles. The normalized spacial score (nSPS) is 28.2. The first-order valence-corrected chi connectivity index (χ1v) is 16.9. The van der Waals surface area contributed by atoms with E-state index in [1.54, 1.807) is 0 Å². The number of rotatable bonds is 8. The zero-order chi connectivity index (χ0) is 50.3. The molecule has 0 radical (unpaired) electrons. The molecule has 0 aliphatic carbocycles. The fraction of sp³-hybridized carbons (Fsp3) is 0.812. The van der Waals surface area contributed by atoms with Crippen molar-refractivity contribution in [2.45, 2.75) is 139 Å². The molecule has 2 fully saturated rings. The molecule has 372 valence electrons. The van der Waals surface area contributed by atoms with Crippen molar-refractivity contribution in [2.75, 3.05) is 13.2 Å². The number of carbonyl (C=O) groups excluding carboxylic acids is 2. The first-order chi connectivity index (χ1) is 27.2. The van der Waals surface area contributed by atoms with Crippen molar-refractivity contribution in [1.82, 2.24) is 0 Å². The number of hydrogen-bond donors (Lipinski definition) is 10. The Kier molecular flexibility index (Phi) is 24.1. The third-order valence-electron chi connectivity index (χ3n) is 8.00. The number of hydrogen-bond acceptors (Lipinski definition) is 12. The van der Waals surface area contributed by atoms with Crippen molar-refractivity contribution in [3.05, 3.63) is 23.7 Å². The van der Waals surface area contributed by atoms with Gasteiger partial charge in [-0.2, -0.15) is 61.5 Å². The number of aliphatic hydroxyl groups is 10. The molecular formula is C32H50F14O16Ti+4. The van der Waals surface area contributed by atoms with Crippen molar-refractivity contribution >= 4 is 11.6 Å². The number of ketones is 2. The van der Waals surface area contributed by atoms with Crippen LogP contribution in [0.2, 0.25) is 0 Å². The van der Waals surface area contributed by atoms with Gasteiger partial charge < -0.3 is 70.8 Å². The van der Waals surface area contributed by atoms with Gasteiger partial charge in [-0.05, 0) is 41.5 Å². The smallest absolute Gasteiger partial charge is 0.460 e. The Bertz CT molecular complexity index is 1400. The van der Waals surface area contributed by atoms with Crippen molar-refractivity contribution in [3.63, 3.8) is 0 Å². The van der Waals surface area contributed by atoms with E-state index in [0.29, 0.717) is 0 Å². The summed E-state index contributed by atoms with van der Waals surface area (Å²) >= 11 is 0. The first-order valence-electron chi connectivity index (χ1n) is 16.9. The van der Waals surface area contributed by atoms with Gasteiger partial charge in [0, 0.05) is 21.7 Å². The van der Waals surface area contributed by atoms with Crippen LogP contribution < -0.4 is 0 Å². The average molecular weight is 1000 g/mol. The Labute approximate surface area is 361 Å². The molecule has 2 heterocycles. The summed E-state index contributed by atoms with van der Waals surface area (Å²) < 4.78 is 182. The predicted molar refractivity (Wildman–Crippen MR) is 181 cm³/mol. The van der Waals surface area contributed by atoms with Crippen LogP contribution in [-0.2, 0) is 31.2 Å². The number of aliphatic hydroxyl groups excluding tert-OH is 10. The third kappa shape index (κ3) is 16.5. The maximum absolute atomic E-state index is 12.9. The zero-order valence-corrected chi connectivity index (χ0v) is 34.9. The van der Waals surface area contributed by atoms with Crippen LogP contribution in [-0.4, -0.2) is 193 Å². The minimum absolute atomic E-state index is 0. The molecule has 31 heteroatoms. The molecule has 2 rings (SSSR count). The summed E-state index contributed by atoms with van der Waals surface area (Å²) in [6.07, 6.45) is -27.0. The Morgan fingerprint density at radius 3 is 0.873 bits per heavy atom. The van der Waals surface area contributed by atoms with Crippen LogP contribution in [0.25, 0.3) is 0 Å². The molecule has 0 amide bonds. The van der Waals surface area contributed by atoms with Crippen LogP contribution in [0.15, 0.2) is 23.7 Å². The van der Waals surface area contributed by atoms with E-state index in [0.717, 1.165) is 0 Å². The van der Waals surface area contributed by atoms with Crippen LogP contribution in [0.1, 0.15) is 41.5 Å². The summed E-state index contributed by atoms with van der Waals surface area (Å²) in [5, 5.41) is 104. The Balaban J connectivity index is -0.000000773. The summed E-state index contributed by atoms with van der Waals surface area (Å²) in [4.78, 5) is 18.4. The summed E-state index contributed by atoms with van der Waals surface area (Å²) in [5.41, 5.74) is -2.42. The molecule has 0 aromatic carbocycles. The second-order valence-electron chi connectivity index (χ2n) is 15.1. The quantitative estimate of drug-likeness (QED) is 0.0529. The summed E-state index contributed by atoms with van der Waals surface area (Å²) in [6, 6.07) is 0. The molecule has 0 bridgehead atoms. The third-order valence-corrected chi connectivity index (χ3v) is 8.00. The van der Waals surface area contributed by atoms with Gasteiger partial charge in [0.25, 0.3) is 0 Å². The fourth-order valence-corrected chi connectivity index (χ4v) is 3.75. The summed E-state index contributed by atoms with van der Waals surface area (Å²) in [7, 11) is 0. The van der Waals surface area contributed by atoms with Crippen molar-refractivity contribution in [3.8, 4) is 0 Å². The van der Waals surface area contributed by atoms with Gasteiger partial charge in [0.15, 0.2) is 49.5 Å². The van der Waals surface area contributed by atoms with Gasteiger partial charge in [-0.15, -0.1) is 0 Å². The van der Waals surface area contributed by atoms with E-state index in [2.05, 4.69) is 9.47 Å². The summed E-state index contributed by atoms with van der Waals surface area (Å²) in [5.74, 6) is -31.8. The second kappa shape index (κ2) is 23.4. The maximum atomic E-state index is 12.9. The number of alkyl halides is 14. The standard InChI is InChI=1S/2C10H11F7O2.2C6H12O6.Ti/c2*1-7(2,3)5(18)4-6(19)8(11,12)9(13,14)10(15,16)17;2*7-1-2-3(8)4(9)5(10)6(11)12-2;/h2*4,19H,1-3H3;2*2-11H,1H2;/p+4/b2*6-4-;;;. The monoisotopic (exact) mass is 1000 g/mol. The van der Waals surface area contributed by atoms with Crippen molar-refractivity contribution < 1.29 is 164 Å². The van der Waals surface area contributed by atoms with Crippen LogP contribution in [0.4, 0.5) is 61.5 Å². The minimum atomic E-state index is -6.55. The van der Waals surface area contributed by atoms with Gasteiger partial charge in [-0.25, -0.2) is 0 Å². The molecule has 2 aliphatic heterocycles. The molecule has 16 N–H and O–H groups in total. The molecule has 2 saturated heterocycles. The fourth-order valence-electron chi connectivity index (χ4n) is 3.75. The van der Waals surface area contributed by atoms with E-state index in [1.807, 2.05) is 0 Å². The van der Waals surface area contributed by atoms with Gasteiger partial charge in [0.2, 0.25) is 0 Å². The van der Waals surface area contributed by atoms with E-state index >= 15 is 0 Å². The Morgan fingerprint density at radius 1 is 0.476 bits per heavy atom. The van der Waals surface area contributed by atoms with E-state index < -0.39 is 131 Å². The largest absolute Gasteiger partial charge is 0.506 e. The molecule has 16 nitrogen and oxygen atoms in total. The molecule has 0 spiro atoms. The van der Waals surface area contributed by atoms with E-state index in [-0.39, 0.29) is 47.1 Å². The SMILES string of the molecule is CC(C)(C)C(=[OH+])/C=C(\O)C(F)(F)C(F)(F)C(F)(F)F.CC(C)(C)C(=[OH+])/C=C(\O)C(F)(F)C(F)(F)C(F)(F)F.OC1OC(C[OH2+])C(O)C(O)C1O.OC1OC(C[OH2+])C(O)C(O)C1O.[Ti]. The van der Waals surface area contributed by atoms with Gasteiger partial charge >= 0.3 is 47.6 Å². The average Bonchev–Trinajstić information content (AvgIpc) is 3.11. The number of halogens is 14. The number of ether oxygens (including phenoxy) is 2. The molecule has 10 atom stereocenters. The van der Waals surface area contributed by atoms with Crippen LogP contribution in [0.3, 0.4) is 0 Å². The van der Waals surface area contributed by atoms with Gasteiger partial charge in [-0.3, -0.25) is 9.59 Å². The van der Waals surface area contributed by atoms with E-state index in [9.17, 15) is 71.1 Å². The predicted octanol–water partition coefficient (Wildman–Crippen LogP) is 0.724. The first kappa shape index (κ1) is 65.0. The van der Waals surface area contributed by atoms with Crippen LogP contribution in [0.5, 0.6) is 0 Å². The zero-order valence-electron chi connectivity index (χ0n) is 33.3. The Morgan fingerprint density at radius 2 is 0.698 bits per heavy atom. The van der Waals surface area contributed by atoms with E-state index in [4.69, 9.17) is 61.3 Å².